The van der Waals surface area contributed by atoms with Gasteiger partial charge in [-0.15, -0.1) is 0 Å². The van der Waals surface area contributed by atoms with E-state index in [0.717, 1.165) is 24.2 Å². The third-order valence-electron chi connectivity index (χ3n) is 3.44. The molecular formula is C17H21N3O. The lowest BCUT2D eigenvalue weighted by Crippen LogP contribution is -2.32. The fourth-order valence-electron chi connectivity index (χ4n) is 1.97. The van der Waals surface area contributed by atoms with Crippen molar-refractivity contribution in [3.05, 3.63) is 47.9 Å². The Balaban J connectivity index is 2.43. The summed E-state index contributed by atoms with van der Waals surface area (Å²) in [6.45, 7) is 6.03. The van der Waals surface area contributed by atoms with Gasteiger partial charge in [0.25, 0.3) is 5.91 Å². The average Bonchev–Trinajstić information content (AvgIpc) is 2.54. The predicted molar refractivity (Wildman–Crippen MR) is 84.1 cm³/mol. The summed E-state index contributed by atoms with van der Waals surface area (Å²) in [5, 5.41) is 2.97. The molecule has 1 heterocycles. The molecule has 0 aliphatic carbocycles. The molecule has 1 aromatic carbocycles. The monoisotopic (exact) mass is 283 g/mol. The molecule has 0 fully saturated rings. The zero-order valence-corrected chi connectivity index (χ0v) is 12.8. The van der Waals surface area contributed by atoms with Gasteiger partial charge >= 0.3 is 0 Å². The quantitative estimate of drug-likeness (QED) is 0.916. The maximum Gasteiger partial charge on any atom is 0.255 e. The molecule has 0 aliphatic rings. The van der Waals surface area contributed by atoms with Crippen molar-refractivity contribution in [2.45, 2.75) is 39.7 Å². The lowest BCUT2D eigenvalue weighted by molar-refractivity contribution is 0.0939. The topological polar surface area (TPSA) is 54.9 Å². The third kappa shape index (κ3) is 3.66. The third-order valence-corrected chi connectivity index (χ3v) is 3.44. The van der Waals surface area contributed by atoms with Crippen LogP contribution in [-0.4, -0.2) is 21.9 Å². The van der Waals surface area contributed by atoms with Gasteiger partial charge in [0, 0.05) is 24.2 Å². The van der Waals surface area contributed by atoms with Crippen molar-refractivity contribution in [1.29, 1.82) is 0 Å². The summed E-state index contributed by atoms with van der Waals surface area (Å²) in [5.74, 6) is 0.625. The maximum absolute atomic E-state index is 12.4. The summed E-state index contributed by atoms with van der Waals surface area (Å²) in [5.41, 5.74) is 2.16. The number of hydrogen-bond donors (Lipinski definition) is 1. The molecule has 0 radical (unpaired) electrons. The highest BCUT2D eigenvalue weighted by Gasteiger charge is 2.17. The van der Waals surface area contributed by atoms with Crippen molar-refractivity contribution in [2.24, 2.45) is 0 Å². The zero-order valence-electron chi connectivity index (χ0n) is 12.8. The van der Waals surface area contributed by atoms with E-state index < -0.39 is 0 Å². The number of amides is 1. The van der Waals surface area contributed by atoms with E-state index in [-0.39, 0.29) is 11.9 Å². The van der Waals surface area contributed by atoms with Crippen LogP contribution in [0.5, 0.6) is 0 Å². The molecule has 1 aromatic heterocycles. The van der Waals surface area contributed by atoms with Crippen LogP contribution in [0.4, 0.5) is 0 Å². The minimum absolute atomic E-state index is 0.120. The van der Waals surface area contributed by atoms with Crippen molar-refractivity contribution in [3.63, 3.8) is 0 Å². The average molecular weight is 283 g/mol. The minimum Gasteiger partial charge on any atom is -0.349 e. The van der Waals surface area contributed by atoms with Gasteiger partial charge in [-0.05, 0) is 13.3 Å². The molecule has 1 atom stereocenters. The van der Waals surface area contributed by atoms with E-state index in [1.165, 1.54) is 0 Å². The second-order valence-corrected chi connectivity index (χ2v) is 5.05. The Morgan fingerprint density at radius 2 is 1.95 bits per heavy atom. The van der Waals surface area contributed by atoms with E-state index in [9.17, 15) is 4.79 Å². The second-order valence-electron chi connectivity index (χ2n) is 5.05. The number of aromatic nitrogens is 2. The number of benzene rings is 1. The normalized spacial score (nSPS) is 12.0. The minimum atomic E-state index is -0.120. The number of rotatable bonds is 5. The molecule has 4 nitrogen and oxygen atoms in total. The molecule has 1 N–H and O–H groups in total. The number of aryl methyl sites for hydroxylation is 1. The molecule has 2 aromatic rings. The molecule has 0 bridgehead atoms. The molecule has 0 aliphatic heterocycles. The summed E-state index contributed by atoms with van der Waals surface area (Å²) in [6, 6.07) is 9.89. The zero-order chi connectivity index (χ0) is 15.2. The first-order chi connectivity index (χ1) is 10.2. The van der Waals surface area contributed by atoms with Crippen molar-refractivity contribution < 1.29 is 4.79 Å². The molecule has 4 heteroatoms. The van der Waals surface area contributed by atoms with Crippen molar-refractivity contribution in [2.75, 3.05) is 0 Å². The van der Waals surface area contributed by atoms with Crippen LogP contribution in [0.15, 0.2) is 36.5 Å². The van der Waals surface area contributed by atoms with Gasteiger partial charge in [-0.25, -0.2) is 9.97 Å². The van der Waals surface area contributed by atoms with Crippen LogP contribution in [0.3, 0.4) is 0 Å². The summed E-state index contributed by atoms with van der Waals surface area (Å²) in [7, 11) is 0. The lowest BCUT2D eigenvalue weighted by Gasteiger charge is -2.14. The molecule has 110 valence electrons. The molecule has 1 unspecified atom stereocenters. The van der Waals surface area contributed by atoms with Crippen LogP contribution in [0.2, 0.25) is 0 Å². The Kier molecular flexibility index (Phi) is 5.04. The summed E-state index contributed by atoms with van der Waals surface area (Å²) < 4.78 is 0. The molecule has 0 spiro atoms. The Bertz CT molecular complexity index is 611. The SMILES string of the molecule is CCc1ncc(C(=O)NC(C)CC)c(-c2ccccc2)n1. The van der Waals surface area contributed by atoms with Gasteiger partial charge in [0.05, 0.1) is 11.3 Å². The number of carbonyl (C=O) groups excluding carboxylic acids is 1. The van der Waals surface area contributed by atoms with Crippen LogP contribution in [0.1, 0.15) is 43.4 Å². The number of hydrogen-bond acceptors (Lipinski definition) is 3. The number of nitrogens with one attached hydrogen (secondary N) is 1. The second kappa shape index (κ2) is 6.97. The van der Waals surface area contributed by atoms with Gasteiger partial charge in [0.2, 0.25) is 0 Å². The molecule has 0 saturated heterocycles. The first-order valence-electron chi connectivity index (χ1n) is 7.37. The van der Waals surface area contributed by atoms with E-state index in [1.54, 1.807) is 6.20 Å². The Morgan fingerprint density at radius 1 is 1.24 bits per heavy atom. The van der Waals surface area contributed by atoms with E-state index >= 15 is 0 Å². The highest BCUT2D eigenvalue weighted by molar-refractivity contribution is 5.99. The van der Waals surface area contributed by atoms with E-state index in [4.69, 9.17) is 0 Å². The maximum atomic E-state index is 12.4. The number of carbonyl (C=O) groups is 1. The summed E-state index contributed by atoms with van der Waals surface area (Å²) in [4.78, 5) is 21.2. The largest absolute Gasteiger partial charge is 0.349 e. The molecule has 21 heavy (non-hydrogen) atoms. The van der Waals surface area contributed by atoms with Crippen LogP contribution < -0.4 is 5.32 Å². The Morgan fingerprint density at radius 3 is 2.57 bits per heavy atom. The van der Waals surface area contributed by atoms with Crippen LogP contribution in [0, 0.1) is 0 Å². The van der Waals surface area contributed by atoms with E-state index in [2.05, 4.69) is 15.3 Å². The van der Waals surface area contributed by atoms with Gasteiger partial charge in [-0.3, -0.25) is 4.79 Å². The summed E-state index contributed by atoms with van der Waals surface area (Å²) in [6.07, 6.45) is 3.26. The first kappa shape index (κ1) is 15.2. The van der Waals surface area contributed by atoms with E-state index in [0.29, 0.717) is 11.3 Å². The van der Waals surface area contributed by atoms with E-state index in [1.807, 2.05) is 51.1 Å². The Labute approximate surface area is 125 Å². The molecular weight excluding hydrogens is 262 g/mol. The predicted octanol–water partition coefficient (Wildman–Crippen LogP) is 3.23. The van der Waals surface area contributed by atoms with Gasteiger partial charge in [0.1, 0.15) is 5.82 Å². The standard InChI is InChI=1S/C17H21N3O/c1-4-12(3)19-17(21)14-11-18-15(5-2)20-16(14)13-9-7-6-8-10-13/h6-12H,4-5H2,1-3H3,(H,19,21). The Hall–Kier alpha value is -2.23. The van der Waals surface area contributed by atoms with Gasteiger partial charge < -0.3 is 5.32 Å². The van der Waals surface area contributed by atoms with Crippen LogP contribution >= 0.6 is 0 Å². The van der Waals surface area contributed by atoms with Gasteiger partial charge in [0.15, 0.2) is 0 Å². The summed E-state index contributed by atoms with van der Waals surface area (Å²) >= 11 is 0. The van der Waals surface area contributed by atoms with Crippen molar-refractivity contribution in [3.8, 4) is 11.3 Å². The van der Waals surface area contributed by atoms with Gasteiger partial charge in [-0.1, -0.05) is 44.2 Å². The molecule has 1 amide bonds. The molecule has 0 saturated carbocycles. The lowest BCUT2D eigenvalue weighted by atomic mass is 10.1. The van der Waals surface area contributed by atoms with Gasteiger partial charge in [-0.2, -0.15) is 0 Å². The molecule has 2 rings (SSSR count). The highest BCUT2D eigenvalue weighted by Crippen LogP contribution is 2.21. The van der Waals surface area contributed by atoms with Crippen molar-refractivity contribution >= 4 is 5.91 Å². The highest BCUT2D eigenvalue weighted by atomic mass is 16.1. The van der Waals surface area contributed by atoms with Crippen LogP contribution in [-0.2, 0) is 6.42 Å². The van der Waals surface area contributed by atoms with Crippen molar-refractivity contribution in [1.82, 2.24) is 15.3 Å². The smallest absolute Gasteiger partial charge is 0.255 e. The first-order valence-corrected chi connectivity index (χ1v) is 7.37. The van der Waals surface area contributed by atoms with Crippen LogP contribution in [0.25, 0.3) is 11.3 Å². The fraction of sp³-hybridized carbons (Fsp3) is 0.353. The number of nitrogens with zero attached hydrogens (tertiary/aromatic N) is 2. The fourth-order valence-corrected chi connectivity index (χ4v) is 1.97.